The van der Waals surface area contributed by atoms with Gasteiger partial charge in [-0.15, -0.1) is 0 Å². The standard InChI is InChI=1S/C13H20O.2C2H6/c1-5-6-10(2)12-7-8-13(14-4)11(3)9-12;2*1-2/h7-10H,5-6H2,1-4H3;2*1-2H3. The highest BCUT2D eigenvalue weighted by Gasteiger charge is 2.06. The first-order valence-corrected chi connectivity index (χ1v) is 7.33. The molecule has 106 valence electrons. The van der Waals surface area contributed by atoms with Crippen LogP contribution in [0.15, 0.2) is 18.2 Å². The van der Waals surface area contributed by atoms with Gasteiger partial charge in [-0.2, -0.15) is 0 Å². The Morgan fingerprint density at radius 2 is 1.67 bits per heavy atom. The van der Waals surface area contributed by atoms with Gasteiger partial charge in [0.05, 0.1) is 7.11 Å². The predicted molar refractivity (Wildman–Crippen MR) is 83.8 cm³/mol. The molecule has 1 rings (SSSR count). The fourth-order valence-corrected chi connectivity index (χ4v) is 1.81. The predicted octanol–water partition coefficient (Wildman–Crippen LogP) is 5.96. The molecule has 0 aliphatic carbocycles. The average Bonchev–Trinajstić information content (AvgIpc) is 2.43. The largest absolute Gasteiger partial charge is 0.496 e. The van der Waals surface area contributed by atoms with Crippen molar-refractivity contribution in [2.75, 3.05) is 7.11 Å². The molecule has 0 spiro atoms. The Hall–Kier alpha value is -0.980. The molecule has 0 heterocycles. The number of ether oxygens (including phenoxy) is 1. The van der Waals surface area contributed by atoms with Crippen LogP contribution in [0.3, 0.4) is 0 Å². The van der Waals surface area contributed by atoms with E-state index in [1.807, 2.05) is 27.7 Å². The Bertz CT molecular complexity index is 292. The number of methoxy groups -OCH3 is 1. The third-order valence-corrected chi connectivity index (χ3v) is 2.71. The SMILES string of the molecule is CC.CC.CCCC(C)c1ccc(OC)c(C)c1. The summed E-state index contributed by atoms with van der Waals surface area (Å²) >= 11 is 0. The quantitative estimate of drug-likeness (QED) is 0.642. The highest BCUT2D eigenvalue weighted by atomic mass is 16.5. The number of rotatable bonds is 4. The first-order chi connectivity index (χ1) is 8.69. The van der Waals surface area contributed by atoms with Gasteiger partial charge in [-0.25, -0.2) is 0 Å². The van der Waals surface area contributed by atoms with Gasteiger partial charge in [-0.3, -0.25) is 0 Å². The summed E-state index contributed by atoms with van der Waals surface area (Å²) in [5.74, 6) is 1.64. The van der Waals surface area contributed by atoms with Crippen molar-refractivity contribution >= 4 is 0 Å². The highest BCUT2D eigenvalue weighted by molar-refractivity contribution is 5.37. The molecular weight excluding hydrogens is 220 g/mol. The van der Waals surface area contributed by atoms with Crippen LogP contribution in [-0.2, 0) is 0 Å². The Morgan fingerprint density at radius 3 is 2.06 bits per heavy atom. The summed E-state index contributed by atoms with van der Waals surface area (Å²) in [6.45, 7) is 14.6. The lowest BCUT2D eigenvalue weighted by molar-refractivity contribution is 0.411. The zero-order chi connectivity index (χ0) is 14.6. The number of benzene rings is 1. The Kier molecular flexibility index (Phi) is 13.4. The molecule has 18 heavy (non-hydrogen) atoms. The molecule has 1 heteroatoms. The van der Waals surface area contributed by atoms with Crippen LogP contribution < -0.4 is 4.74 Å². The van der Waals surface area contributed by atoms with Crippen LogP contribution in [0.1, 0.15) is 71.4 Å². The molecule has 1 atom stereocenters. The van der Waals surface area contributed by atoms with Crippen LogP contribution in [0.2, 0.25) is 0 Å². The topological polar surface area (TPSA) is 9.23 Å². The molecule has 0 saturated carbocycles. The van der Waals surface area contributed by atoms with Crippen molar-refractivity contribution < 1.29 is 4.74 Å². The van der Waals surface area contributed by atoms with Crippen molar-refractivity contribution in [1.29, 1.82) is 0 Å². The normalized spacial score (nSPS) is 10.4. The molecule has 0 N–H and O–H groups in total. The zero-order valence-corrected chi connectivity index (χ0v) is 13.6. The minimum absolute atomic E-state index is 0.657. The first kappa shape index (κ1) is 19.4. The van der Waals surface area contributed by atoms with Gasteiger partial charge in [0.15, 0.2) is 0 Å². The molecule has 0 bridgehead atoms. The van der Waals surface area contributed by atoms with Crippen molar-refractivity contribution in [1.82, 2.24) is 0 Å². The Morgan fingerprint density at radius 1 is 1.11 bits per heavy atom. The molecule has 1 aromatic carbocycles. The third-order valence-electron chi connectivity index (χ3n) is 2.71. The first-order valence-electron chi connectivity index (χ1n) is 7.33. The maximum Gasteiger partial charge on any atom is 0.121 e. The second-order valence-electron chi connectivity index (χ2n) is 3.92. The molecule has 0 aromatic heterocycles. The average molecular weight is 252 g/mol. The fourth-order valence-electron chi connectivity index (χ4n) is 1.81. The number of hydrogen-bond acceptors (Lipinski definition) is 1. The molecule has 0 aliphatic heterocycles. The van der Waals surface area contributed by atoms with Gasteiger partial charge in [-0.05, 0) is 36.5 Å². The van der Waals surface area contributed by atoms with E-state index in [2.05, 4.69) is 39.0 Å². The number of hydrogen-bond donors (Lipinski definition) is 0. The van der Waals surface area contributed by atoms with Gasteiger partial charge in [0.1, 0.15) is 5.75 Å². The fraction of sp³-hybridized carbons (Fsp3) is 0.647. The lowest BCUT2D eigenvalue weighted by Gasteiger charge is -2.13. The van der Waals surface area contributed by atoms with Gasteiger partial charge < -0.3 is 4.74 Å². The van der Waals surface area contributed by atoms with E-state index in [1.165, 1.54) is 24.0 Å². The highest BCUT2D eigenvalue weighted by Crippen LogP contribution is 2.25. The van der Waals surface area contributed by atoms with Crippen LogP contribution in [0.5, 0.6) is 5.75 Å². The second-order valence-corrected chi connectivity index (χ2v) is 3.92. The monoisotopic (exact) mass is 252 g/mol. The van der Waals surface area contributed by atoms with Crippen LogP contribution in [0.4, 0.5) is 0 Å². The Balaban J connectivity index is 0. The summed E-state index contributed by atoms with van der Waals surface area (Å²) in [4.78, 5) is 0. The van der Waals surface area contributed by atoms with Gasteiger partial charge in [0.2, 0.25) is 0 Å². The lowest BCUT2D eigenvalue weighted by Crippen LogP contribution is -1.95. The maximum absolute atomic E-state index is 5.24. The van der Waals surface area contributed by atoms with Crippen molar-refractivity contribution in [3.63, 3.8) is 0 Å². The second kappa shape index (κ2) is 12.5. The van der Waals surface area contributed by atoms with E-state index < -0.39 is 0 Å². The Labute approximate surface area is 115 Å². The molecular formula is C17H32O. The van der Waals surface area contributed by atoms with Crippen LogP contribution >= 0.6 is 0 Å². The summed E-state index contributed by atoms with van der Waals surface area (Å²) in [5.41, 5.74) is 2.65. The van der Waals surface area contributed by atoms with Crippen LogP contribution in [0.25, 0.3) is 0 Å². The van der Waals surface area contributed by atoms with E-state index in [1.54, 1.807) is 7.11 Å². The minimum atomic E-state index is 0.657. The molecule has 0 aliphatic rings. The van der Waals surface area contributed by atoms with Crippen molar-refractivity contribution in [3.05, 3.63) is 29.3 Å². The van der Waals surface area contributed by atoms with Gasteiger partial charge in [0.25, 0.3) is 0 Å². The van der Waals surface area contributed by atoms with Gasteiger partial charge >= 0.3 is 0 Å². The maximum atomic E-state index is 5.24. The van der Waals surface area contributed by atoms with E-state index in [9.17, 15) is 0 Å². The van der Waals surface area contributed by atoms with Crippen LogP contribution in [0, 0.1) is 6.92 Å². The van der Waals surface area contributed by atoms with E-state index in [0.29, 0.717) is 5.92 Å². The molecule has 1 aromatic rings. The van der Waals surface area contributed by atoms with Crippen molar-refractivity contribution in [2.24, 2.45) is 0 Å². The van der Waals surface area contributed by atoms with Gasteiger partial charge in [0, 0.05) is 0 Å². The molecule has 0 radical (unpaired) electrons. The van der Waals surface area contributed by atoms with Crippen molar-refractivity contribution in [2.45, 2.75) is 67.2 Å². The smallest absolute Gasteiger partial charge is 0.121 e. The minimum Gasteiger partial charge on any atom is -0.496 e. The van der Waals surface area contributed by atoms with E-state index in [-0.39, 0.29) is 0 Å². The zero-order valence-electron chi connectivity index (χ0n) is 13.6. The molecule has 0 fully saturated rings. The van der Waals surface area contributed by atoms with Crippen LogP contribution in [-0.4, -0.2) is 7.11 Å². The number of aryl methyl sites for hydroxylation is 1. The van der Waals surface area contributed by atoms with Crippen molar-refractivity contribution in [3.8, 4) is 5.75 Å². The van der Waals surface area contributed by atoms with E-state index >= 15 is 0 Å². The van der Waals surface area contributed by atoms with E-state index in [4.69, 9.17) is 4.74 Å². The summed E-state index contributed by atoms with van der Waals surface area (Å²) in [5, 5.41) is 0. The summed E-state index contributed by atoms with van der Waals surface area (Å²) in [7, 11) is 1.72. The van der Waals surface area contributed by atoms with Gasteiger partial charge in [-0.1, -0.05) is 60.1 Å². The molecule has 0 saturated heterocycles. The summed E-state index contributed by atoms with van der Waals surface area (Å²) in [6.07, 6.45) is 2.50. The lowest BCUT2D eigenvalue weighted by atomic mass is 9.95. The molecule has 1 nitrogen and oxygen atoms in total. The molecule has 0 amide bonds. The summed E-state index contributed by atoms with van der Waals surface area (Å²) < 4.78 is 5.24. The summed E-state index contributed by atoms with van der Waals surface area (Å²) in [6, 6.07) is 6.47. The van der Waals surface area contributed by atoms with E-state index in [0.717, 1.165) is 5.75 Å². The third kappa shape index (κ3) is 6.68. The molecule has 1 unspecified atom stereocenters.